The Balaban J connectivity index is 1.83. The zero-order valence-electron chi connectivity index (χ0n) is 12.2. The average Bonchev–Trinajstić information content (AvgIpc) is 3.01. The summed E-state index contributed by atoms with van der Waals surface area (Å²) in [6.07, 6.45) is 2.42. The zero-order chi connectivity index (χ0) is 16.8. The van der Waals surface area contributed by atoms with Gasteiger partial charge < -0.3 is 14.5 Å². The highest BCUT2D eigenvalue weighted by Gasteiger charge is 2.19. The molecule has 2 heterocycles. The minimum Gasteiger partial charge on any atom is -0.469 e. The minimum atomic E-state index is -0.979. The number of pyridine rings is 1. The molecule has 0 radical (unpaired) electrons. The van der Waals surface area contributed by atoms with E-state index in [9.17, 15) is 9.59 Å². The van der Waals surface area contributed by atoms with Crippen LogP contribution in [0.4, 0.5) is 5.82 Å². The average molecular weight is 357 g/mol. The summed E-state index contributed by atoms with van der Waals surface area (Å²) in [5, 5.41) is 3.02. The number of furan rings is 1. The molecule has 0 fully saturated rings. The number of carbonyl (C=O) groups excluding carboxylic acids is 2. The maximum absolute atomic E-state index is 12.0. The van der Waals surface area contributed by atoms with Gasteiger partial charge in [-0.25, -0.2) is 4.98 Å². The number of esters is 1. The van der Waals surface area contributed by atoms with E-state index in [2.05, 4.69) is 10.3 Å². The van der Waals surface area contributed by atoms with Crippen molar-refractivity contribution < 1.29 is 18.7 Å². The summed E-state index contributed by atoms with van der Waals surface area (Å²) in [7, 11) is 0. The van der Waals surface area contributed by atoms with Gasteiger partial charge in [0.2, 0.25) is 0 Å². The summed E-state index contributed by atoms with van der Waals surface area (Å²) in [4.78, 5) is 27.6. The minimum absolute atomic E-state index is 0.116. The maximum Gasteiger partial charge on any atom is 0.307 e. The Morgan fingerprint density at radius 1 is 1.43 bits per heavy atom. The van der Waals surface area contributed by atoms with Crippen molar-refractivity contribution in [3.8, 4) is 0 Å². The molecule has 0 aliphatic rings. The largest absolute Gasteiger partial charge is 0.469 e. The van der Waals surface area contributed by atoms with Crippen LogP contribution in [0.15, 0.2) is 35.1 Å². The molecule has 1 N–H and O–H groups in total. The van der Waals surface area contributed by atoms with Crippen molar-refractivity contribution in [2.75, 3.05) is 5.32 Å². The van der Waals surface area contributed by atoms with Crippen LogP contribution in [-0.4, -0.2) is 23.0 Å². The Hall–Kier alpha value is -2.05. The topological polar surface area (TPSA) is 81.4 Å². The first-order valence-corrected chi connectivity index (χ1v) is 7.55. The highest BCUT2D eigenvalue weighted by Crippen LogP contribution is 2.22. The summed E-state index contributed by atoms with van der Waals surface area (Å²) in [6, 6.07) is 4.95. The van der Waals surface area contributed by atoms with Crippen LogP contribution < -0.4 is 5.32 Å². The smallest absolute Gasteiger partial charge is 0.307 e. The molecule has 0 aliphatic carbocycles. The number of nitrogens with one attached hydrogen (secondary N) is 1. The molecule has 0 unspecified atom stereocenters. The van der Waals surface area contributed by atoms with Crippen LogP contribution in [0.25, 0.3) is 0 Å². The molecular formula is C15H14Cl2N2O4. The maximum atomic E-state index is 12.0. The number of halogens is 2. The number of hydrogen-bond donors (Lipinski definition) is 1. The molecule has 122 valence electrons. The Morgan fingerprint density at radius 3 is 2.87 bits per heavy atom. The van der Waals surface area contributed by atoms with Gasteiger partial charge in [-0.1, -0.05) is 23.2 Å². The number of rotatable bonds is 6. The molecule has 8 heteroatoms. The van der Waals surface area contributed by atoms with Crippen LogP contribution in [0.1, 0.15) is 19.1 Å². The van der Waals surface area contributed by atoms with E-state index in [-0.39, 0.29) is 17.3 Å². The highest BCUT2D eigenvalue weighted by molar-refractivity contribution is 6.36. The zero-order valence-corrected chi connectivity index (χ0v) is 13.7. The van der Waals surface area contributed by atoms with Crippen molar-refractivity contribution in [2.45, 2.75) is 25.9 Å². The van der Waals surface area contributed by atoms with Crippen LogP contribution in [0.2, 0.25) is 10.0 Å². The Labute approximate surface area is 142 Å². The molecule has 0 aliphatic heterocycles. The number of amides is 1. The standard InChI is InChI=1S/C15H14Cl2N2O4/c1-9(23-13(20)5-4-11-3-2-6-22-11)15(21)19-14-12(17)7-10(16)8-18-14/h2-3,6-9H,4-5H2,1H3,(H,18,19,21)/t9-/m1/s1. The molecule has 0 saturated heterocycles. The quantitative estimate of drug-likeness (QED) is 0.801. The monoisotopic (exact) mass is 356 g/mol. The highest BCUT2D eigenvalue weighted by atomic mass is 35.5. The Morgan fingerprint density at radius 2 is 2.22 bits per heavy atom. The molecule has 23 heavy (non-hydrogen) atoms. The molecule has 2 aromatic rings. The van der Waals surface area contributed by atoms with Crippen LogP contribution >= 0.6 is 23.2 Å². The fourth-order valence-corrected chi connectivity index (χ4v) is 2.14. The second-order valence-electron chi connectivity index (χ2n) is 4.68. The lowest BCUT2D eigenvalue weighted by Gasteiger charge is -2.13. The van der Waals surface area contributed by atoms with Gasteiger partial charge in [0.05, 0.1) is 22.7 Å². The lowest BCUT2D eigenvalue weighted by molar-refractivity contribution is -0.153. The van der Waals surface area contributed by atoms with Crippen LogP contribution in [0.3, 0.4) is 0 Å². The number of carbonyl (C=O) groups is 2. The van der Waals surface area contributed by atoms with Gasteiger partial charge in [-0.2, -0.15) is 0 Å². The van der Waals surface area contributed by atoms with Gasteiger partial charge in [0.15, 0.2) is 11.9 Å². The molecular weight excluding hydrogens is 343 g/mol. The Bertz CT molecular complexity index is 689. The number of hydrogen-bond acceptors (Lipinski definition) is 5. The van der Waals surface area contributed by atoms with E-state index in [1.54, 1.807) is 12.1 Å². The third-order valence-corrected chi connectivity index (χ3v) is 3.38. The number of nitrogens with zero attached hydrogens (tertiary/aromatic N) is 1. The van der Waals surface area contributed by atoms with Crippen LogP contribution in [0, 0.1) is 0 Å². The van der Waals surface area contributed by atoms with Crippen LogP contribution in [-0.2, 0) is 20.7 Å². The number of aryl methyl sites for hydroxylation is 1. The van der Waals surface area contributed by atoms with Crippen LogP contribution in [0.5, 0.6) is 0 Å². The van der Waals surface area contributed by atoms with Crippen molar-refractivity contribution in [3.63, 3.8) is 0 Å². The molecule has 6 nitrogen and oxygen atoms in total. The summed E-state index contributed by atoms with van der Waals surface area (Å²) < 4.78 is 10.2. The number of ether oxygens (including phenoxy) is 1. The predicted molar refractivity (Wildman–Crippen MR) is 85.5 cm³/mol. The summed E-state index contributed by atoms with van der Waals surface area (Å²) >= 11 is 11.6. The summed E-state index contributed by atoms with van der Waals surface area (Å²) in [5.41, 5.74) is 0. The SMILES string of the molecule is C[C@@H](OC(=O)CCc1ccco1)C(=O)Nc1ncc(Cl)cc1Cl. The van der Waals surface area contributed by atoms with Gasteiger partial charge in [0.1, 0.15) is 5.76 Å². The van der Waals surface area contributed by atoms with Gasteiger partial charge >= 0.3 is 5.97 Å². The van der Waals surface area contributed by atoms with E-state index < -0.39 is 18.0 Å². The van der Waals surface area contributed by atoms with Crippen molar-refractivity contribution in [1.82, 2.24) is 4.98 Å². The first-order chi connectivity index (χ1) is 11.0. The number of aromatic nitrogens is 1. The fourth-order valence-electron chi connectivity index (χ4n) is 1.71. The molecule has 2 aromatic heterocycles. The predicted octanol–water partition coefficient (Wildman–Crippen LogP) is 3.48. The molecule has 0 spiro atoms. The van der Waals surface area contributed by atoms with Gasteiger partial charge in [0, 0.05) is 12.6 Å². The van der Waals surface area contributed by atoms with E-state index in [1.807, 2.05) is 0 Å². The summed E-state index contributed by atoms with van der Waals surface area (Å²) in [5.74, 6) is -0.206. The molecule has 0 aromatic carbocycles. The second-order valence-corrected chi connectivity index (χ2v) is 5.53. The number of anilines is 1. The van der Waals surface area contributed by atoms with E-state index in [0.717, 1.165) is 0 Å². The third-order valence-electron chi connectivity index (χ3n) is 2.88. The normalized spacial score (nSPS) is 11.8. The Kier molecular flexibility index (Phi) is 6.01. The van der Waals surface area contributed by atoms with Gasteiger partial charge in [0.25, 0.3) is 5.91 Å². The third kappa shape index (κ3) is 5.26. The van der Waals surface area contributed by atoms with E-state index in [1.165, 1.54) is 25.5 Å². The molecule has 1 atom stereocenters. The lowest BCUT2D eigenvalue weighted by atomic mass is 10.2. The summed E-state index contributed by atoms with van der Waals surface area (Å²) in [6.45, 7) is 1.46. The van der Waals surface area contributed by atoms with Gasteiger partial charge in [-0.15, -0.1) is 0 Å². The van der Waals surface area contributed by atoms with E-state index >= 15 is 0 Å². The van der Waals surface area contributed by atoms with E-state index in [0.29, 0.717) is 17.2 Å². The van der Waals surface area contributed by atoms with Crippen molar-refractivity contribution >= 4 is 40.9 Å². The van der Waals surface area contributed by atoms with Crippen molar-refractivity contribution in [1.29, 1.82) is 0 Å². The molecule has 1 amide bonds. The van der Waals surface area contributed by atoms with Crippen molar-refractivity contribution in [2.24, 2.45) is 0 Å². The fraction of sp³-hybridized carbons (Fsp3) is 0.267. The lowest BCUT2D eigenvalue weighted by Crippen LogP contribution is -2.30. The molecule has 2 rings (SSSR count). The van der Waals surface area contributed by atoms with Gasteiger partial charge in [-0.3, -0.25) is 9.59 Å². The molecule has 0 bridgehead atoms. The molecule has 0 saturated carbocycles. The van der Waals surface area contributed by atoms with Crippen molar-refractivity contribution in [3.05, 3.63) is 46.5 Å². The second kappa shape index (κ2) is 7.99. The first-order valence-electron chi connectivity index (χ1n) is 6.79. The van der Waals surface area contributed by atoms with Gasteiger partial charge in [-0.05, 0) is 25.1 Å². The van der Waals surface area contributed by atoms with E-state index in [4.69, 9.17) is 32.4 Å². The first kappa shape index (κ1) is 17.3.